The predicted molar refractivity (Wildman–Crippen MR) is 124 cm³/mol. The average Bonchev–Trinajstić information content (AvgIpc) is 3.30. The van der Waals surface area contributed by atoms with Gasteiger partial charge in [0.1, 0.15) is 24.0 Å². The molecule has 7 heteroatoms. The molecular formula is C26H29NO6. The van der Waals surface area contributed by atoms with Crippen LogP contribution in [-0.4, -0.2) is 33.0 Å². The van der Waals surface area contributed by atoms with Crippen LogP contribution < -0.4 is 14.5 Å². The minimum atomic E-state index is -0.562. The van der Waals surface area contributed by atoms with Crippen molar-refractivity contribution in [3.8, 4) is 28.7 Å². The highest BCUT2D eigenvalue weighted by Gasteiger charge is 2.41. The fraction of sp³-hybridized carbons (Fsp3) is 0.346. The second-order valence-corrected chi connectivity index (χ2v) is 8.81. The third-order valence-electron chi connectivity index (χ3n) is 6.15. The monoisotopic (exact) mass is 451 g/mol. The molecular weight excluding hydrogens is 422 g/mol. The normalized spacial score (nSPS) is 16.4. The zero-order valence-corrected chi connectivity index (χ0v) is 18.9. The van der Waals surface area contributed by atoms with E-state index in [1.54, 1.807) is 36.7 Å². The summed E-state index contributed by atoms with van der Waals surface area (Å²) >= 11 is 0. The molecule has 0 spiro atoms. The van der Waals surface area contributed by atoms with Crippen molar-refractivity contribution >= 4 is 5.78 Å². The lowest BCUT2D eigenvalue weighted by Gasteiger charge is -2.30. The van der Waals surface area contributed by atoms with Gasteiger partial charge in [-0.15, -0.1) is 0 Å². The summed E-state index contributed by atoms with van der Waals surface area (Å²) in [5.74, 6) is -0.251. The molecule has 4 N–H and O–H groups in total. The van der Waals surface area contributed by atoms with Gasteiger partial charge < -0.3 is 29.8 Å². The summed E-state index contributed by atoms with van der Waals surface area (Å²) in [4.78, 5) is 15.2. The van der Waals surface area contributed by atoms with Gasteiger partial charge in [-0.25, -0.2) is 0 Å². The fourth-order valence-electron chi connectivity index (χ4n) is 4.43. The van der Waals surface area contributed by atoms with E-state index in [4.69, 9.17) is 9.47 Å². The number of hydrogen-bond acceptors (Lipinski definition) is 5. The van der Waals surface area contributed by atoms with Gasteiger partial charge in [0.2, 0.25) is 5.75 Å². The minimum Gasteiger partial charge on any atom is -0.670 e. The lowest BCUT2D eigenvalue weighted by atomic mass is 9.82. The quantitative estimate of drug-likeness (QED) is 0.447. The summed E-state index contributed by atoms with van der Waals surface area (Å²) in [6, 6.07) is 8.43. The Morgan fingerprint density at radius 2 is 1.82 bits per heavy atom. The lowest BCUT2D eigenvalue weighted by molar-refractivity contribution is 0.196. The van der Waals surface area contributed by atoms with Crippen LogP contribution in [-0.2, 0) is 0 Å². The average molecular weight is 452 g/mol. The van der Waals surface area contributed by atoms with Crippen LogP contribution in [0.4, 0.5) is 0 Å². The smallest absolute Gasteiger partial charge is 0.335 e. The van der Waals surface area contributed by atoms with Crippen molar-refractivity contribution < 1.29 is 29.6 Å². The van der Waals surface area contributed by atoms with Crippen LogP contribution in [0, 0.1) is 5.92 Å². The number of ether oxygens (including phenoxy) is 2. The number of aromatic nitrogens is 1. The van der Waals surface area contributed by atoms with Crippen LogP contribution in [0.25, 0.3) is 0 Å². The number of rotatable bonds is 7. The van der Waals surface area contributed by atoms with Crippen LogP contribution in [0.15, 0.2) is 42.7 Å². The van der Waals surface area contributed by atoms with Crippen molar-refractivity contribution in [3.05, 3.63) is 65.0 Å². The fourth-order valence-corrected chi connectivity index (χ4v) is 4.43. The van der Waals surface area contributed by atoms with Crippen LogP contribution in [0.1, 0.15) is 67.4 Å². The number of phenolic OH excluding ortho intramolecular Hbond substituents is 3. The molecule has 1 unspecified atom stereocenters. The second-order valence-electron chi connectivity index (χ2n) is 8.81. The Morgan fingerprint density at radius 3 is 2.42 bits per heavy atom. The number of methoxy groups -OCH3 is 1. The summed E-state index contributed by atoms with van der Waals surface area (Å²) in [7, 11) is 1.36. The highest BCUT2D eigenvalue weighted by molar-refractivity contribution is 6.05. The molecule has 2 heterocycles. The Labute approximate surface area is 192 Å². The summed E-state index contributed by atoms with van der Waals surface area (Å²) in [6.07, 6.45) is 4.58. The van der Waals surface area contributed by atoms with Gasteiger partial charge >= 0.3 is 5.78 Å². The van der Waals surface area contributed by atoms with Gasteiger partial charge in [0.15, 0.2) is 17.1 Å². The van der Waals surface area contributed by atoms with Gasteiger partial charge in [-0.05, 0) is 30.0 Å². The van der Waals surface area contributed by atoms with E-state index in [1.165, 1.54) is 7.11 Å². The number of hydrogen-bond donors (Lipinski definition) is 3. The van der Waals surface area contributed by atoms with Gasteiger partial charge in [-0.1, -0.05) is 44.0 Å². The Kier molecular flexibility index (Phi) is 6.22. The molecule has 0 bridgehead atoms. The zero-order chi connectivity index (χ0) is 23.7. The van der Waals surface area contributed by atoms with Gasteiger partial charge in [-0.2, -0.15) is 12.4 Å². The molecule has 1 aliphatic heterocycles. The molecule has 33 heavy (non-hydrogen) atoms. The van der Waals surface area contributed by atoms with E-state index >= 15 is 0 Å². The van der Waals surface area contributed by atoms with Crippen molar-refractivity contribution in [1.29, 1.82) is 0 Å². The van der Waals surface area contributed by atoms with Crippen LogP contribution in [0.5, 0.6) is 28.7 Å². The van der Waals surface area contributed by atoms with Crippen LogP contribution >= 0.6 is 0 Å². The largest absolute Gasteiger partial charge is 0.670 e. The number of benzene rings is 2. The van der Waals surface area contributed by atoms with Crippen LogP contribution in [0.2, 0.25) is 0 Å². The van der Waals surface area contributed by atoms with Gasteiger partial charge in [-0.3, -0.25) is 4.79 Å². The number of carbonyl (C=O) groups excluding carboxylic acids is 1. The van der Waals surface area contributed by atoms with Crippen molar-refractivity contribution in [2.45, 2.75) is 45.1 Å². The molecule has 2 aromatic carbocycles. The Morgan fingerprint density at radius 1 is 1.09 bits per heavy atom. The third kappa shape index (κ3) is 4.23. The molecule has 1 aromatic heterocycles. The van der Waals surface area contributed by atoms with E-state index in [0.29, 0.717) is 17.9 Å². The Bertz CT molecular complexity index is 1130. The minimum absolute atomic E-state index is 0.0605. The summed E-state index contributed by atoms with van der Waals surface area (Å²) in [5.41, 5.74) is 2.22. The standard InChI is InChI=1S/C26H28NO6/c1-14(2)4-9-18(16-10-11-27-13-16)21-23(30)26(32-3)24(31)22-19(29)12-20(33-25(21)22)15-5-7-17(28)8-6-15/h5-8,10-11,13-14,18,20,28H,4,9,12H2,1-3H3,(H2,29,30,31)/q-1/p+1/t18-,20?/m1/s1. The number of fused-ring (bicyclic) bond motifs is 1. The van der Waals surface area contributed by atoms with Crippen LogP contribution in [0.3, 0.4) is 0 Å². The molecule has 0 radical (unpaired) electrons. The number of phenols is 3. The maximum absolute atomic E-state index is 11.2. The summed E-state index contributed by atoms with van der Waals surface area (Å²) in [5, 5.41) is 31.7. The molecule has 0 aliphatic carbocycles. The van der Waals surface area contributed by atoms with Crippen molar-refractivity contribution in [1.82, 2.24) is 4.98 Å². The van der Waals surface area contributed by atoms with E-state index in [2.05, 4.69) is 18.8 Å². The number of nitrogens with zero attached hydrogens (tertiary/aromatic N) is 1. The highest BCUT2D eigenvalue weighted by Crippen LogP contribution is 2.55. The van der Waals surface area contributed by atoms with Crippen molar-refractivity contribution in [2.24, 2.45) is 5.92 Å². The molecule has 4 rings (SSSR count). The summed E-state index contributed by atoms with van der Waals surface area (Å²) in [6.45, 7) is 4.26. The van der Waals surface area contributed by atoms with E-state index in [-0.39, 0.29) is 52.4 Å². The molecule has 0 fully saturated rings. The lowest BCUT2D eigenvalue weighted by Crippen LogP contribution is -2.23. The molecule has 2 atom stereocenters. The first-order valence-corrected chi connectivity index (χ1v) is 11.0. The van der Waals surface area contributed by atoms with Crippen molar-refractivity contribution in [3.63, 3.8) is 0 Å². The first-order chi connectivity index (χ1) is 15.8. The number of aromatic hydroxyl groups is 3. The Hall–Kier alpha value is -3.61. The highest BCUT2D eigenvalue weighted by atomic mass is 16.5. The van der Waals surface area contributed by atoms with Gasteiger partial charge in [0.05, 0.1) is 7.11 Å². The summed E-state index contributed by atoms with van der Waals surface area (Å²) < 4.78 is 11.7. The molecule has 0 saturated heterocycles. The molecule has 174 valence electrons. The SMILES string of the molecule is COc1c(O)c2c(c([C@H](CCC(C)C)c3cc[n-]c3)c1O)OC(c1ccc(O)cc1)CC2=[OH+]. The van der Waals surface area contributed by atoms with E-state index in [1.807, 2.05) is 6.07 Å². The number of ketones is 1. The maximum Gasteiger partial charge on any atom is 0.335 e. The zero-order valence-electron chi connectivity index (χ0n) is 18.9. The van der Waals surface area contributed by atoms with E-state index < -0.39 is 6.10 Å². The van der Waals surface area contributed by atoms with Crippen molar-refractivity contribution in [2.75, 3.05) is 7.11 Å². The van der Waals surface area contributed by atoms with Gasteiger partial charge in [0.25, 0.3) is 0 Å². The topological polar surface area (TPSA) is 115 Å². The maximum atomic E-state index is 11.2. The second kappa shape index (κ2) is 9.10. The van der Waals surface area contributed by atoms with E-state index in [0.717, 1.165) is 17.5 Å². The first kappa shape index (κ1) is 22.6. The molecule has 3 aromatic rings. The Balaban J connectivity index is 1.90. The molecule has 0 saturated carbocycles. The predicted octanol–water partition coefficient (Wildman–Crippen LogP) is 4.75. The first-order valence-electron chi connectivity index (χ1n) is 11.0. The third-order valence-corrected chi connectivity index (χ3v) is 6.15. The molecule has 1 aliphatic rings. The molecule has 0 amide bonds. The van der Waals surface area contributed by atoms with E-state index in [9.17, 15) is 20.1 Å². The molecule has 7 nitrogen and oxygen atoms in total. The van der Waals surface area contributed by atoms with Gasteiger partial charge in [0, 0.05) is 11.5 Å².